The first kappa shape index (κ1) is 36.9. The molecule has 10 aromatic carbocycles. The zero-order valence-corrected chi connectivity index (χ0v) is 35.2. The highest BCUT2D eigenvalue weighted by molar-refractivity contribution is 6.20. The first-order valence-electron chi connectivity index (χ1n) is 21.8. The maximum absolute atomic E-state index is 5.41. The van der Waals surface area contributed by atoms with E-state index in [0.29, 0.717) is 5.82 Å². The van der Waals surface area contributed by atoms with Crippen LogP contribution < -0.4 is 0 Å². The average Bonchev–Trinajstić information content (AvgIpc) is 3.58. The van der Waals surface area contributed by atoms with Gasteiger partial charge in [-0.15, -0.1) is 0 Å². The minimum absolute atomic E-state index is 0.0544. The van der Waals surface area contributed by atoms with E-state index in [1.165, 1.54) is 76.8 Å². The fourth-order valence-corrected chi connectivity index (χ4v) is 10.1. The van der Waals surface area contributed by atoms with Crippen LogP contribution in [0.15, 0.2) is 218 Å². The summed E-state index contributed by atoms with van der Waals surface area (Å²) >= 11 is 0. The first-order valence-corrected chi connectivity index (χ1v) is 21.8. The number of nitrogens with zero attached hydrogens (tertiary/aromatic N) is 2. The van der Waals surface area contributed by atoms with E-state index in [1.54, 1.807) is 0 Å². The van der Waals surface area contributed by atoms with Crippen molar-refractivity contribution in [2.75, 3.05) is 0 Å². The van der Waals surface area contributed by atoms with Crippen LogP contribution in [0.2, 0.25) is 0 Å². The van der Waals surface area contributed by atoms with Crippen molar-refractivity contribution in [1.29, 1.82) is 0 Å². The van der Waals surface area contributed by atoms with Gasteiger partial charge in [0.25, 0.3) is 0 Å². The van der Waals surface area contributed by atoms with E-state index in [2.05, 4.69) is 232 Å². The maximum atomic E-state index is 5.41. The molecule has 0 atom stereocenters. The zero-order chi connectivity index (χ0) is 42.1. The van der Waals surface area contributed by atoms with Gasteiger partial charge in [-0.25, -0.2) is 9.97 Å². The second-order valence-corrected chi connectivity index (χ2v) is 17.3. The molecule has 0 saturated carbocycles. The molecule has 0 fully saturated rings. The fourth-order valence-electron chi connectivity index (χ4n) is 10.1. The summed E-state index contributed by atoms with van der Waals surface area (Å²) in [6.45, 7) is 4.67. The lowest BCUT2D eigenvalue weighted by Gasteiger charge is -2.21. The molecule has 2 nitrogen and oxygen atoms in total. The molecule has 0 N–H and O–H groups in total. The van der Waals surface area contributed by atoms with Gasteiger partial charge in [0.1, 0.15) is 0 Å². The van der Waals surface area contributed by atoms with Crippen LogP contribution in [0.4, 0.5) is 0 Å². The second kappa shape index (κ2) is 14.6. The highest BCUT2D eigenvalue weighted by Gasteiger charge is 2.35. The Bertz CT molecular complexity index is 3560. The van der Waals surface area contributed by atoms with Gasteiger partial charge in [0.15, 0.2) is 5.82 Å². The molecule has 296 valence electrons. The third kappa shape index (κ3) is 6.17. The summed E-state index contributed by atoms with van der Waals surface area (Å²) in [6, 6.07) is 79.1. The van der Waals surface area contributed by atoms with Gasteiger partial charge in [-0.1, -0.05) is 214 Å². The summed E-state index contributed by atoms with van der Waals surface area (Å²) in [4.78, 5) is 10.7. The van der Waals surface area contributed by atoms with Crippen molar-refractivity contribution in [2.45, 2.75) is 19.3 Å². The Morgan fingerprint density at radius 2 is 0.873 bits per heavy atom. The lowest BCUT2D eigenvalue weighted by Crippen LogP contribution is -2.14. The van der Waals surface area contributed by atoms with E-state index in [0.717, 1.165) is 39.2 Å². The number of benzene rings is 10. The molecule has 0 bridgehead atoms. The van der Waals surface area contributed by atoms with Gasteiger partial charge in [0.2, 0.25) is 0 Å². The van der Waals surface area contributed by atoms with Gasteiger partial charge in [-0.2, -0.15) is 0 Å². The van der Waals surface area contributed by atoms with Crippen LogP contribution in [0.3, 0.4) is 0 Å². The minimum Gasteiger partial charge on any atom is -0.228 e. The summed E-state index contributed by atoms with van der Waals surface area (Å²) < 4.78 is 0. The normalized spacial score (nSPS) is 12.7. The summed E-state index contributed by atoms with van der Waals surface area (Å²) in [5.74, 6) is 0.689. The zero-order valence-electron chi connectivity index (χ0n) is 35.2. The molecule has 12 rings (SSSR count). The molecule has 0 amide bonds. The van der Waals surface area contributed by atoms with Crippen molar-refractivity contribution in [3.05, 3.63) is 230 Å². The van der Waals surface area contributed by atoms with E-state index in [1.807, 2.05) is 0 Å². The quantitative estimate of drug-likeness (QED) is 0.124. The van der Waals surface area contributed by atoms with Crippen molar-refractivity contribution < 1.29 is 0 Å². The Labute approximate surface area is 367 Å². The predicted molar refractivity (Wildman–Crippen MR) is 265 cm³/mol. The van der Waals surface area contributed by atoms with Crippen LogP contribution in [0.5, 0.6) is 0 Å². The molecule has 1 aliphatic rings. The Balaban J connectivity index is 1.01. The second-order valence-electron chi connectivity index (χ2n) is 17.3. The molecule has 0 radical (unpaired) electrons. The van der Waals surface area contributed by atoms with Crippen molar-refractivity contribution in [3.8, 4) is 78.4 Å². The summed E-state index contributed by atoms with van der Waals surface area (Å²) in [5, 5.41) is 7.49. The van der Waals surface area contributed by atoms with E-state index < -0.39 is 0 Å². The van der Waals surface area contributed by atoms with E-state index in [-0.39, 0.29) is 5.41 Å². The number of rotatable bonds is 6. The predicted octanol–water partition coefficient (Wildman–Crippen LogP) is 16.2. The molecule has 0 unspecified atom stereocenters. The van der Waals surface area contributed by atoms with E-state index >= 15 is 0 Å². The summed E-state index contributed by atoms with van der Waals surface area (Å²) in [6.07, 6.45) is 0. The average molecular weight is 803 g/mol. The molecule has 0 spiro atoms. The van der Waals surface area contributed by atoms with Gasteiger partial charge >= 0.3 is 0 Å². The Morgan fingerprint density at radius 3 is 1.68 bits per heavy atom. The highest BCUT2D eigenvalue weighted by Crippen LogP contribution is 2.50. The first-order chi connectivity index (χ1) is 31.0. The molecule has 2 heteroatoms. The smallest absolute Gasteiger partial charge is 0.160 e. The van der Waals surface area contributed by atoms with E-state index in [4.69, 9.17) is 9.97 Å². The number of fused-ring (bicyclic) bond motifs is 7. The molecular weight excluding hydrogens is 761 g/mol. The van der Waals surface area contributed by atoms with Crippen molar-refractivity contribution in [1.82, 2.24) is 9.97 Å². The van der Waals surface area contributed by atoms with Gasteiger partial charge in [-0.3, -0.25) is 0 Å². The van der Waals surface area contributed by atoms with Crippen molar-refractivity contribution in [2.24, 2.45) is 0 Å². The van der Waals surface area contributed by atoms with Crippen molar-refractivity contribution >= 4 is 32.3 Å². The minimum atomic E-state index is -0.0544. The maximum Gasteiger partial charge on any atom is 0.160 e. The molecule has 11 aromatic rings. The van der Waals surface area contributed by atoms with E-state index in [9.17, 15) is 0 Å². The number of hydrogen-bond acceptors (Lipinski definition) is 2. The van der Waals surface area contributed by atoms with Crippen LogP contribution in [0.1, 0.15) is 25.0 Å². The monoisotopic (exact) mass is 802 g/mol. The standard InChI is InChI=1S/C61H42N2/c1-61(2)55-23-13-12-21-50(55)54-37-46(33-35-56(54)61)48-19-10-11-22-51(48)58-38-57(42-26-24-40(25-27-42)39-14-4-3-5-15-39)62-60(63-58)44-30-28-43(29-31-44)59-49-20-9-7-17-45(49)36-53-47-18-8-6-16-41(47)32-34-52(53)59/h3-38H,1-2H3. The topological polar surface area (TPSA) is 25.8 Å². The molecule has 0 aliphatic heterocycles. The third-order valence-electron chi connectivity index (χ3n) is 13.3. The van der Waals surface area contributed by atoms with Gasteiger partial charge in [-0.05, 0) is 106 Å². The molecular formula is C61H42N2. The van der Waals surface area contributed by atoms with Crippen LogP contribution in [0, 0.1) is 0 Å². The Kier molecular flexibility index (Phi) is 8.55. The van der Waals surface area contributed by atoms with Crippen LogP contribution in [-0.4, -0.2) is 9.97 Å². The van der Waals surface area contributed by atoms with Crippen LogP contribution >= 0.6 is 0 Å². The SMILES string of the molecule is CC1(C)c2ccccc2-c2cc(-c3ccccc3-c3cc(-c4ccc(-c5ccccc5)cc4)nc(-c4ccc(-c5c6ccccc6cc6c5ccc5ccccc56)cc4)n3)ccc21. The van der Waals surface area contributed by atoms with Crippen molar-refractivity contribution in [3.63, 3.8) is 0 Å². The molecule has 1 aliphatic carbocycles. The molecule has 63 heavy (non-hydrogen) atoms. The highest BCUT2D eigenvalue weighted by atomic mass is 14.9. The molecule has 1 aromatic heterocycles. The lowest BCUT2D eigenvalue weighted by molar-refractivity contribution is 0.660. The fraction of sp³-hybridized carbons (Fsp3) is 0.0492. The van der Waals surface area contributed by atoms with Crippen LogP contribution in [0.25, 0.3) is 111 Å². The molecule has 0 saturated heterocycles. The number of hydrogen-bond donors (Lipinski definition) is 0. The summed E-state index contributed by atoms with van der Waals surface area (Å²) in [5.41, 5.74) is 17.2. The third-order valence-corrected chi connectivity index (χ3v) is 13.3. The van der Waals surface area contributed by atoms with Gasteiger partial charge in [0, 0.05) is 22.1 Å². The Hall–Kier alpha value is -7.94. The van der Waals surface area contributed by atoms with Crippen LogP contribution in [-0.2, 0) is 5.41 Å². The molecule has 1 heterocycles. The Morgan fingerprint density at radius 1 is 0.302 bits per heavy atom. The number of aromatic nitrogens is 2. The van der Waals surface area contributed by atoms with Gasteiger partial charge < -0.3 is 0 Å². The summed E-state index contributed by atoms with van der Waals surface area (Å²) in [7, 11) is 0. The lowest BCUT2D eigenvalue weighted by atomic mass is 9.82. The van der Waals surface area contributed by atoms with Gasteiger partial charge in [0.05, 0.1) is 11.4 Å². The largest absolute Gasteiger partial charge is 0.228 e.